The third kappa shape index (κ3) is 3.86. The molecule has 0 aliphatic rings. The third-order valence-electron chi connectivity index (χ3n) is 5.41. The van der Waals surface area contributed by atoms with Crippen LogP contribution in [0.5, 0.6) is 0 Å². The Kier molecular flexibility index (Phi) is 5.18. The van der Waals surface area contributed by atoms with Crippen molar-refractivity contribution in [3.63, 3.8) is 0 Å². The Morgan fingerprint density at radius 2 is 1.41 bits per heavy atom. The van der Waals surface area contributed by atoms with Gasteiger partial charge in [-0.2, -0.15) is 0 Å². The minimum Gasteiger partial charge on any atom is -0.285 e. The SMILES string of the molecule is Cc1ccc(N=C(C(=O)c2ccc(-c3ccccc3)cc2)n2cnc3ccccc32)cc1. The fraction of sp³-hybridized carbons (Fsp3) is 0.0357. The first-order valence-corrected chi connectivity index (χ1v) is 10.5. The Labute approximate surface area is 186 Å². The first kappa shape index (κ1) is 19.6. The summed E-state index contributed by atoms with van der Waals surface area (Å²) in [7, 11) is 0. The van der Waals surface area contributed by atoms with E-state index in [0.29, 0.717) is 11.4 Å². The maximum absolute atomic E-state index is 13.6. The standard InChI is InChI=1S/C28H21N3O/c1-20-11-17-24(18-12-20)30-28(31-19-29-25-9-5-6-10-26(25)31)27(32)23-15-13-22(14-16-23)21-7-3-2-4-8-21/h2-19H,1H3. The summed E-state index contributed by atoms with van der Waals surface area (Å²) in [5.41, 5.74) is 6.27. The normalized spacial score (nSPS) is 11.6. The first-order valence-electron chi connectivity index (χ1n) is 10.5. The molecule has 0 bridgehead atoms. The highest BCUT2D eigenvalue weighted by atomic mass is 16.1. The van der Waals surface area contributed by atoms with E-state index in [0.717, 1.165) is 33.4 Å². The van der Waals surface area contributed by atoms with Gasteiger partial charge in [0.05, 0.1) is 16.7 Å². The van der Waals surface area contributed by atoms with Crippen LogP contribution in [0.4, 0.5) is 5.69 Å². The molecule has 0 radical (unpaired) electrons. The molecule has 1 heterocycles. The molecule has 0 spiro atoms. The van der Waals surface area contributed by atoms with Crippen LogP contribution in [0, 0.1) is 6.92 Å². The summed E-state index contributed by atoms with van der Waals surface area (Å²) in [6, 6.07) is 33.3. The molecule has 0 atom stereocenters. The topological polar surface area (TPSA) is 47.2 Å². The molecule has 4 nitrogen and oxygen atoms in total. The van der Waals surface area contributed by atoms with Gasteiger partial charge in [0, 0.05) is 5.56 Å². The molecule has 32 heavy (non-hydrogen) atoms. The molecule has 0 aliphatic heterocycles. The van der Waals surface area contributed by atoms with E-state index in [1.165, 1.54) is 0 Å². The van der Waals surface area contributed by atoms with Gasteiger partial charge in [0.2, 0.25) is 5.78 Å². The lowest BCUT2D eigenvalue weighted by Gasteiger charge is -2.10. The summed E-state index contributed by atoms with van der Waals surface area (Å²) in [6.07, 6.45) is 1.66. The van der Waals surface area contributed by atoms with E-state index < -0.39 is 0 Å². The predicted octanol–water partition coefficient (Wildman–Crippen LogP) is 6.47. The molecule has 0 saturated heterocycles. The van der Waals surface area contributed by atoms with Crippen molar-refractivity contribution in [1.29, 1.82) is 0 Å². The van der Waals surface area contributed by atoms with Gasteiger partial charge in [-0.05, 0) is 42.3 Å². The number of Topliss-reactive ketones (excluding diaryl/α,β-unsaturated/α-hetero) is 1. The molecule has 0 unspecified atom stereocenters. The summed E-state index contributed by atoms with van der Waals surface area (Å²) >= 11 is 0. The number of ketones is 1. The largest absolute Gasteiger partial charge is 0.285 e. The van der Waals surface area contributed by atoms with Gasteiger partial charge in [-0.25, -0.2) is 9.98 Å². The number of rotatable bonds is 4. The van der Waals surface area contributed by atoms with Crippen molar-refractivity contribution >= 4 is 28.3 Å². The van der Waals surface area contributed by atoms with Crippen LogP contribution in [-0.4, -0.2) is 21.2 Å². The smallest absolute Gasteiger partial charge is 0.228 e. The number of aliphatic imine (C=N–C) groups is 1. The molecule has 0 fully saturated rings. The van der Waals surface area contributed by atoms with Crippen LogP contribution in [0.2, 0.25) is 0 Å². The number of benzene rings is 4. The Hall–Kier alpha value is -4.31. The fourth-order valence-electron chi connectivity index (χ4n) is 3.66. The summed E-state index contributed by atoms with van der Waals surface area (Å²) in [6.45, 7) is 2.03. The van der Waals surface area contributed by atoms with Crippen molar-refractivity contribution in [3.8, 4) is 11.1 Å². The molecular formula is C28H21N3O. The molecular weight excluding hydrogens is 394 g/mol. The molecule has 0 saturated carbocycles. The Morgan fingerprint density at radius 1 is 0.750 bits per heavy atom. The van der Waals surface area contributed by atoms with Crippen molar-refractivity contribution in [1.82, 2.24) is 9.55 Å². The van der Waals surface area contributed by atoms with E-state index in [2.05, 4.69) is 17.1 Å². The van der Waals surface area contributed by atoms with Gasteiger partial charge < -0.3 is 0 Å². The average molecular weight is 415 g/mol. The Bertz CT molecular complexity index is 1410. The molecule has 0 N–H and O–H groups in total. The zero-order chi connectivity index (χ0) is 21.9. The van der Waals surface area contributed by atoms with Gasteiger partial charge in [0.25, 0.3) is 0 Å². The molecule has 5 rings (SSSR count). The number of imidazole rings is 1. The van der Waals surface area contributed by atoms with Crippen LogP contribution in [0.1, 0.15) is 15.9 Å². The quantitative estimate of drug-likeness (QED) is 0.192. The van der Waals surface area contributed by atoms with Crippen molar-refractivity contribution in [2.24, 2.45) is 4.99 Å². The number of para-hydroxylation sites is 2. The lowest BCUT2D eigenvalue weighted by atomic mass is 10.0. The maximum atomic E-state index is 13.6. The van der Waals surface area contributed by atoms with Crippen LogP contribution in [-0.2, 0) is 0 Å². The van der Waals surface area contributed by atoms with Crippen LogP contribution >= 0.6 is 0 Å². The summed E-state index contributed by atoms with van der Waals surface area (Å²) in [5, 5.41) is 0. The van der Waals surface area contributed by atoms with Crippen LogP contribution in [0.3, 0.4) is 0 Å². The van der Waals surface area contributed by atoms with Gasteiger partial charge in [0.1, 0.15) is 6.33 Å². The maximum Gasteiger partial charge on any atom is 0.228 e. The minimum atomic E-state index is -0.159. The van der Waals surface area contributed by atoms with E-state index in [4.69, 9.17) is 4.99 Å². The lowest BCUT2D eigenvalue weighted by molar-refractivity contribution is 0.106. The second-order valence-electron chi connectivity index (χ2n) is 7.65. The second-order valence-corrected chi connectivity index (χ2v) is 7.65. The highest BCUT2D eigenvalue weighted by Crippen LogP contribution is 2.22. The fourth-order valence-corrected chi connectivity index (χ4v) is 3.66. The molecule has 4 heteroatoms. The average Bonchev–Trinajstić information content (AvgIpc) is 3.28. The molecule has 0 amide bonds. The van der Waals surface area contributed by atoms with E-state index in [1.54, 1.807) is 10.9 Å². The molecule has 1 aromatic heterocycles. The first-order chi connectivity index (χ1) is 15.7. The number of aromatic nitrogens is 2. The van der Waals surface area contributed by atoms with Gasteiger partial charge in [-0.3, -0.25) is 9.36 Å². The number of hydrogen-bond donors (Lipinski definition) is 0. The monoisotopic (exact) mass is 415 g/mol. The number of aryl methyl sites for hydroxylation is 1. The molecule has 0 aliphatic carbocycles. The molecule has 5 aromatic rings. The number of nitrogens with zero attached hydrogens (tertiary/aromatic N) is 3. The van der Waals surface area contributed by atoms with Gasteiger partial charge in [-0.15, -0.1) is 0 Å². The summed E-state index contributed by atoms with van der Waals surface area (Å²) in [5.74, 6) is 0.156. The second kappa shape index (κ2) is 8.44. The van der Waals surface area contributed by atoms with Crippen LogP contribution in [0.15, 0.2) is 114 Å². The van der Waals surface area contributed by atoms with Crippen molar-refractivity contribution in [3.05, 3.63) is 121 Å². The van der Waals surface area contributed by atoms with Crippen LogP contribution in [0.25, 0.3) is 22.2 Å². The Morgan fingerprint density at radius 3 is 2.16 bits per heavy atom. The zero-order valence-corrected chi connectivity index (χ0v) is 17.6. The number of hydrogen-bond acceptors (Lipinski definition) is 3. The summed E-state index contributed by atoms with van der Waals surface area (Å²) in [4.78, 5) is 22.8. The van der Waals surface area contributed by atoms with Gasteiger partial charge in [-0.1, -0.05) is 84.4 Å². The lowest BCUT2D eigenvalue weighted by Crippen LogP contribution is -2.22. The third-order valence-corrected chi connectivity index (χ3v) is 5.41. The van der Waals surface area contributed by atoms with Crippen molar-refractivity contribution in [2.45, 2.75) is 6.92 Å². The predicted molar refractivity (Wildman–Crippen MR) is 130 cm³/mol. The molecule has 4 aromatic carbocycles. The number of carbonyl (C=O) groups excluding carboxylic acids is 1. The number of carbonyl (C=O) groups is 1. The summed E-state index contributed by atoms with van der Waals surface area (Å²) < 4.78 is 1.77. The highest BCUT2D eigenvalue weighted by Gasteiger charge is 2.19. The zero-order valence-electron chi connectivity index (χ0n) is 17.6. The Balaban J connectivity index is 1.58. The number of fused-ring (bicyclic) bond motifs is 1. The molecule has 154 valence electrons. The van der Waals surface area contributed by atoms with Gasteiger partial charge in [0.15, 0.2) is 5.84 Å². The van der Waals surface area contributed by atoms with Crippen molar-refractivity contribution in [2.75, 3.05) is 0 Å². The van der Waals surface area contributed by atoms with Gasteiger partial charge >= 0.3 is 0 Å². The highest BCUT2D eigenvalue weighted by molar-refractivity contribution is 6.46. The van der Waals surface area contributed by atoms with Crippen LogP contribution < -0.4 is 0 Å². The van der Waals surface area contributed by atoms with E-state index in [1.807, 2.05) is 97.9 Å². The van der Waals surface area contributed by atoms with Crippen molar-refractivity contribution < 1.29 is 4.79 Å². The van der Waals surface area contributed by atoms with E-state index in [9.17, 15) is 4.79 Å². The minimum absolute atomic E-state index is 0.159. The van der Waals surface area contributed by atoms with E-state index in [-0.39, 0.29) is 5.78 Å². The van der Waals surface area contributed by atoms with E-state index >= 15 is 0 Å².